The van der Waals surface area contributed by atoms with Crippen LogP contribution in [0.3, 0.4) is 0 Å². The van der Waals surface area contributed by atoms with Crippen molar-refractivity contribution >= 4 is 28.4 Å². The predicted molar refractivity (Wildman–Crippen MR) is 137 cm³/mol. The molecule has 1 amide bonds. The number of benzene rings is 3. The minimum Gasteiger partial charge on any atom is -1.00 e. The molecule has 6 heteroatoms. The second-order valence-electron chi connectivity index (χ2n) is 10.1. The van der Waals surface area contributed by atoms with E-state index < -0.39 is 0 Å². The van der Waals surface area contributed by atoms with Crippen LogP contribution in [-0.2, 0) is 16.1 Å². The van der Waals surface area contributed by atoms with Gasteiger partial charge < -0.3 is 43.3 Å². The molecule has 5 rings (SSSR count). The van der Waals surface area contributed by atoms with E-state index in [0.29, 0.717) is 5.57 Å². The van der Waals surface area contributed by atoms with Gasteiger partial charge in [-0.05, 0) is 47.9 Å². The number of hydrogen-bond acceptors (Lipinski definition) is 3. The van der Waals surface area contributed by atoms with Crippen molar-refractivity contribution in [2.45, 2.75) is 19.4 Å². The number of quaternary nitrogens is 1. The third-order valence-corrected chi connectivity index (χ3v) is 6.84. The minimum atomic E-state index is -0.123. The zero-order valence-corrected chi connectivity index (χ0v) is 22.6. The van der Waals surface area contributed by atoms with Crippen molar-refractivity contribution < 1.29 is 42.7 Å². The summed E-state index contributed by atoms with van der Waals surface area (Å²) in [6.07, 6.45) is 4.28. The number of halogens is 1. The van der Waals surface area contributed by atoms with Gasteiger partial charge in [-0.25, -0.2) is 0 Å². The number of fused-ring (bicyclic) bond motifs is 3. The van der Waals surface area contributed by atoms with Crippen LogP contribution in [0, 0.1) is 5.92 Å². The van der Waals surface area contributed by atoms with Crippen molar-refractivity contribution in [1.82, 2.24) is 0 Å². The first-order chi connectivity index (χ1) is 16.5. The largest absolute Gasteiger partial charge is 1.00 e. The first kappa shape index (κ1) is 25.7. The third kappa shape index (κ3) is 6.23. The van der Waals surface area contributed by atoms with Crippen molar-refractivity contribution in [2.75, 3.05) is 45.8 Å². The number of carbonyl (C=O) groups excluding carboxylic acids is 1. The number of nitrogens with zero attached hydrogens (tertiary/aromatic N) is 1. The smallest absolute Gasteiger partial charge is 0.255 e. The van der Waals surface area contributed by atoms with Crippen LogP contribution >= 0.6 is 0 Å². The van der Waals surface area contributed by atoms with Gasteiger partial charge in [-0.3, -0.25) is 4.79 Å². The van der Waals surface area contributed by atoms with E-state index >= 15 is 0 Å². The number of rotatable bonds is 6. The van der Waals surface area contributed by atoms with Crippen LogP contribution in [0.5, 0.6) is 5.75 Å². The van der Waals surface area contributed by atoms with Gasteiger partial charge in [0.1, 0.15) is 18.9 Å². The molecule has 0 saturated carbocycles. The summed E-state index contributed by atoms with van der Waals surface area (Å²) in [6, 6.07) is 20.4. The number of nitrogens with one attached hydrogen (secondary N) is 1. The Hall–Kier alpha value is -2.42. The van der Waals surface area contributed by atoms with E-state index in [9.17, 15) is 4.79 Å². The normalized spacial score (nSPS) is 16.0. The molecule has 0 radical (unpaired) electrons. The summed E-state index contributed by atoms with van der Waals surface area (Å²) in [4.78, 5) is 13.0. The van der Waals surface area contributed by atoms with Gasteiger partial charge in [0.15, 0.2) is 0 Å². The number of ether oxygens (including phenoxy) is 2. The van der Waals surface area contributed by atoms with E-state index in [-0.39, 0.29) is 36.5 Å². The average molecular weight is 584 g/mol. The Labute approximate surface area is 224 Å². The van der Waals surface area contributed by atoms with Crippen molar-refractivity contribution in [3.63, 3.8) is 0 Å². The molecule has 1 N–H and O–H groups in total. The number of hydrogen-bond donors (Lipinski definition) is 1. The lowest BCUT2D eigenvalue weighted by Crippen LogP contribution is -3.00. The lowest BCUT2D eigenvalue weighted by molar-refractivity contribution is -0.907. The highest BCUT2D eigenvalue weighted by Crippen LogP contribution is 2.33. The number of carbonyl (C=O) groups is 1. The average Bonchev–Trinajstić information content (AvgIpc) is 2.85. The van der Waals surface area contributed by atoms with E-state index in [1.807, 2.05) is 36.4 Å². The standard InChI is InChI=1S/C29H32N2O3.HI/c1-31(2,19-22-13-15-33-16-14-22)18-21-7-10-25(11-8-21)30-29(32)24-17-27-26-6-4-3-5-23(26)9-12-28(27)34-20-24;/h3-12,17,22H,13-16,18-20H2,1-2H3;1H. The highest BCUT2D eigenvalue weighted by molar-refractivity contribution is 6.09. The summed E-state index contributed by atoms with van der Waals surface area (Å²) in [5.74, 6) is 1.43. The van der Waals surface area contributed by atoms with Crippen LogP contribution in [0.25, 0.3) is 16.8 Å². The van der Waals surface area contributed by atoms with Crippen LogP contribution in [0.2, 0.25) is 0 Å². The molecular formula is C29H33IN2O3. The van der Waals surface area contributed by atoms with Gasteiger partial charge in [-0.1, -0.05) is 42.5 Å². The van der Waals surface area contributed by atoms with Gasteiger partial charge >= 0.3 is 0 Å². The molecule has 2 aliphatic heterocycles. The molecule has 0 unspecified atom stereocenters. The van der Waals surface area contributed by atoms with E-state index in [0.717, 1.165) is 77.3 Å². The molecule has 0 atom stereocenters. The Kier molecular flexibility index (Phi) is 8.14. The quantitative estimate of drug-likeness (QED) is 0.358. The highest BCUT2D eigenvalue weighted by Gasteiger charge is 2.24. The van der Waals surface area contributed by atoms with E-state index in [1.54, 1.807) is 0 Å². The maximum absolute atomic E-state index is 13.0. The molecule has 3 aromatic rings. The third-order valence-electron chi connectivity index (χ3n) is 6.84. The predicted octanol–water partition coefficient (Wildman–Crippen LogP) is 2.26. The van der Waals surface area contributed by atoms with Crippen LogP contribution in [0.1, 0.15) is 24.0 Å². The van der Waals surface area contributed by atoms with Crippen LogP contribution in [0.15, 0.2) is 66.2 Å². The topological polar surface area (TPSA) is 47.6 Å². The summed E-state index contributed by atoms with van der Waals surface area (Å²) in [5.41, 5.74) is 3.67. The van der Waals surface area contributed by atoms with Gasteiger partial charge in [0, 0.05) is 35.9 Å². The van der Waals surface area contributed by atoms with E-state index in [2.05, 4.69) is 49.7 Å². The van der Waals surface area contributed by atoms with Gasteiger partial charge in [-0.2, -0.15) is 0 Å². The number of anilines is 1. The summed E-state index contributed by atoms with van der Waals surface area (Å²) in [6.45, 7) is 4.18. The Morgan fingerprint density at radius 2 is 1.74 bits per heavy atom. The summed E-state index contributed by atoms with van der Waals surface area (Å²) in [5, 5.41) is 5.27. The van der Waals surface area contributed by atoms with E-state index in [1.165, 1.54) is 5.56 Å². The zero-order valence-electron chi connectivity index (χ0n) is 20.4. The molecule has 3 aromatic carbocycles. The fourth-order valence-corrected chi connectivity index (χ4v) is 5.14. The first-order valence-corrected chi connectivity index (χ1v) is 12.1. The Morgan fingerprint density at radius 1 is 1.00 bits per heavy atom. The fraction of sp³-hybridized carbons (Fsp3) is 0.345. The summed E-state index contributed by atoms with van der Waals surface area (Å²) < 4.78 is 12.4. The molecule has 35 heavy (non-hydrogen) atoms. The molecule has 0 aromatic heterocycles. The molecule has 184 valence electrons. The summed E-state index contributed by atoms with van der Waals surface area (Å²) in [7, 11) is 4.59. The van der Waals surface area contributed by atoms with Crippen molar-refractivity contribution in [3.05, 3.63) is 77.4 Å². The van der Waals surface area contributed by atoms with Crippen molar-refractivity contribution in [2.24, 2.45) is 5.92 Å². The van der Waals surface area contributed by atoms with Gasteiger partial charge in [0.2, 0.25) is 0 Å². The second kappa shape index (κ2) is 11.1. The lowest BCUT2D eigenvalue weighted by atomic mass is 9.98. The molecule has 5 nitrogen and oxygen atoms in total. The molecule has 1 fully saturated rings. The zero-order chi connectivity index (χ0) is 23.5. The van der Waals surface area contributed by atoms with Crippen molar-refractivity contribution in [3.8, 4) is 5.75 Å². The van der Waals surface area contributed by atoms with Crippen LogP contribution in [0.4, 0.5) is 5.69 Å². The molecule has 0 spiro atoms. The van der Waals surface area contributed by atoms with Crippen LogP contribution in [-0.4, -0.2) is 50.9 Å². The molecular weight excluding hydrogens is 551 g/mol. The molecule has 2 heterocycles. The Bertz CT molecular complexity index is 1210. The Morgan fingerprint density at radius 3 is 2.51 bits per heavy atom. The second-order valence-corrected chi connectivity index (χ2v) is 10.1. The molecule has 0 aliphatic carbocycles. The fourth-order valence-electron chi connectivity index (χ4n) is 5.14. The van der Waals surface area contributed by atoms with Gasteiger partial charge in [0.05, 0.1) is 26.2 Å². The van der Waals surface area contributed by atoms with E-state index in [4.69, 9.17) is 9.47 Å². The van der Waals surface area contributed by atoms with Crippen molar-refractivity contribution in [1.29, 1.82) is 0 Å². The molecule has 2 aliphatic rings. The number of amides is 1. The van der Waals surface area contributed by atoms with Crippen LogP contribution < -0.4 is 34.0 Å². The van der Waals surface area contributed by atoms with Gasteiger partial charge in [0.25, 0.3) is 5.91 Å². The Balaban J connectivity index is 0.00000289. The minimum absolute atomic E-state index is 0. The SMILES string of the molecule is C[N+](C)(Cc1ccc(NC(=O)C2=Cc3c(ccc4ccccc34)OC2)cc1)CC1CCOCC1.[I-]. The molecule has 0 bridgehead atoms. The highest BCUT2D eigenvalue weighted by atomic mass is 127. The lowest BCUT2D eigenvalue weighted by Gasteiger charge is -2.35. The van der Waals surface area contributed by atoms with Gasteiger partial charge in [-0.15, -0.1) is 0 Å². The maximum atomic E-state index is 13.0. The molecule has 1 saturated heterocycles. The monoisotopic (exact) mass is 584 g/mol. The first-order valence-electron chi connectivity index (χ1n) is 12.1. The maximum Gasteiger partial charge on any atom is 0.255 e. The summed E-state index contributed by atoms with van der Waals surface area (Å²) >= 11 is 0.